The second-order valence-electron chi connectivity index (χ2n) is 7.53. The Hall–Kier alpha value is -0.410. The lowest BCUT2D eigenvalue weighted by atomic mass is 9.68. The SMILES string of the molecule is CC(C)(C)C1CCC(C(O)Cc2cc(F)cc(Br)c2)CC1. The molecule has 2 rings (SSSR count). The van der Waals surface area contributed by atoms with Gasteiger partial charge in [-0.1, -0.05) is 36.7 Å². The molecule has 0 radical (unpaired) electrons. The Bertz CT molecular complexity index is 452. The molecule has 1 nitrogen and oxygen atoms in total. The van der Waals surface area contributed by atoms with Gasteiger partial charge < -0.3 is 5.11 Å². The summed E-state index contributed by atoms with van der Waals surface area (Å²) in [6.45, 7) is 6.91. The first-order chi connectivity index (χ1) is 9.75. The summed E-state index contributed by atoms with van der Waals surface area (Å²) in [5.74, 6) is 0.859. The molecule has 1 atom stereocenters. The van der Waals surface area contributed by atoms with Crippen LogP contribution in [-0.2, 0) is 6.42 Å². The lowest BCUT2D eigenvalue weighted by Crippen LogP contribution is -2.31. The van der Waals surface area contributed by atoms with Gasteiger partial charge in [-0.25, -0.2) is 4.39 Å². The number of halogens is 2. The molecule has 21 heavy (non-hydrogen) atoms. The minimum atomic E-state index is -0.361. The van der Waals surface area contributed by atoms with Gasteiger partial charge in [0, 0.05) is 4.47 Å². The van der Waals surface area contributed by atoms with E-state index >= 15 is 0 Å². The van der Waals surface area contributed by atoms with Crippen molar-refractivity contribution in [1.82, 2.24) is 0 Å². The van der Waals surface area contributed by atoms with Crippen LogP contribution in [0.5, 0.6) is 0 Å². The van der Waals surface area contributed by atoms with Crippen LogP contribution in [0, 0.1) is 23.1 Å². The van der Waals surface area contributed by atoms with Gasteiger partial charge in [0.1, 0.15) is 5.82 Å². The van der Waals surface area contributed by atoms with Crippen LogP contribution in [-0.4, -0.2) is 11.2 Å². The quantitative estimate of drug-likeness (QED) is 0.774. The zero-order valence-electron chi connectivity index (χ0n) is 13.2. The fraction of sp³-hybridized carbons (Fsp3) is 0.667. The van der Waals surface area contributed by atoms with E-state index in [1.807, 2.05) is 6.07 Å². The highest BCUT2D eigenvalue weighted by atomic mass is 79.9. The van der Waals surface area contributed by atoms with E-state index < -0.39 is 0 Å². The van der Waals surface area contributed by atoms with E-state index in [1.54, 1.807) is 0 Å². The van der Waals surface area contributed by atoms with Crippen LogP contribution in [0.25, 0.3) is 0 Å². The Morgan fingerprint density at radius 2 is 1.81 bits per heavy atom. The maximum absolute atomic E-state index is 13.4. The predicted octanol–water partition coefficient (Wildman–Crippen LogP) is 5.34. The molecule has 0 spiro atoms. The topological polar surface area (TPSA) is 20.2 Å². The molecule has 0 heterocycles. The van der Waals surface area contributed by atoms with Crippen molar-refractivity contribution in [3.05, 3.63) is 34.1 Å². The van der Waals surface area contributed by atoms with Gasteiger partial charge in [-0.3, -0.25) is 0 Å². The van der Waals surface area contributed by atoms with E-state index in [1.165, 1.54) is 25.0 Å². The van der Waals surface area contributed by atoms with Crippen LogP contribution >= 0.6 is 15.9 Å². The van der Waals surface area contributed by atoms with E-state index in [-0.39, 0.29) is 11.9 Å². The highest BCUT2D eigenvalue weighted by Crippen LogP contribution is 2.41. The third-order valence-corrected chi connectivity index (χ3v) is 5.37. The molecule has 3 heteroatoms. The van der Waals surface area contributed by atoms with E-state index in [2.05, 4.69) is 36.7 Å². The van der Waals surface area contributed by atoms with Crippen LogP contribution in [0.4, 0.5) is 4.39 Å². The van der Waals surface area contributed by atoms with Crippen LogP contribution in [0.1, 0.15) is 52.0 Å². The number of benzene rings is 1. The summed E-state index contributed by atoms with van der Waals surface area (Å²) in [5.41, 5.74) is 1.23. The largest absolute Gasteiger partial charge is 0.392 e. The third-order valence-electron chi connectivity index (χ3n) is 4.91. The Balaban J connectivity index is 1.91. The average Bonchev–Trinajstić information content (AvgIpc) is 2.36. The van der Waals surface area contributed by atoms with Crippen LogP contribution in [0.2, 0.25) is 0 Å². The normalized spacial score (nSPS) is 24.9. The average molecular weight is 357 g/mol. The molecule has 1 fully saturated rings. The van der Waals surface area contributed by atoms with Gasteiger partial charge in [-0.05, 0) is 73.1 Å². The number of hydrogen-bond acceptors (Lipinski definition) is 1. The molecule has 1 aromatic rings. The van der Waals surface area contributed by atoms with E-state index in [0.29, 0.717) is 17.8 Å². The van der Waals surface area contributed by atoms with Crippen molar-refractivity contribution in [3.8, 4) is 0 Å². The number of aliphatic hydroxyl groups excluding tert-OH is 1. The summed E-state index contributed by atoms with van der Waals surface area (Å²) in [6, 6.07) is 4.87. The molecule has 0 aromatic heterocycles. The molecule has 1 saturated carbocycles. The smallest absolute Gasteiger partial charge is 0.124 e. The molecular weight excluding hydrogens is 331 g/mol. The molecule has 1 aliphatic carbocycles. The maximum Gasteiger partial charge on any atom is 0.124 e. The summed E-state index contributed by atoms with van der Waals surface area (Å²) in [5, 5.41) is 10.5. The van der Waals surface area contributed by atoms with Crippen LogP contribution in [0.3, 0.4) is 0 Å². The standard InChI is InChI=1S/C18H26BrFO/c1-18(2,3)14-6-4-13(5-7-14)17(21)10-12-8-15(19)11-16(20)9-12/h8-9,11,13-14,17,21H,4-7,10H2,1-3H3. The van der Waals surface area contributed by atoms with Crippen molar-refractivity contribution < 1.29 is 9.50 Å². The molecule has 1 aliphatic rings. The van der Waals surface area contributed by atoms with Gasteiger partial charge in [-0.15, -0.1) is 0 Å². The number of hydrogen-bond donors (Lipinski definition) is 1. The fourth-order valence-corrected chi connectivity index (χ4v) is 4.02. The maximum atomic E-state index is 13.4. The summed E-state index contributed by atoms with van der Waals surface area (Å²) >= 11 is 3.31. The van der Waals surface area contributed by atoms with Crippen LogP contribution in [0.15, 0.2) is 22.7 Å². The lowest BCUT2D eigenvalue weighted by Gasteiger charge is -2.38. The third kappa shape index (κ3) is 4.79. The first-order valence-corrected chi connectivity index (χ1v) is 8.68. The number of rotatable bonds is 3. The van der Waals surface area contributed by atoms with Gasteiger partial charge in [-0.2, -0.15) is 0 Å². The highest BCUT2D eigenvalue weighted by Gasteiger charge is 2.32. The molecule has 1 aromatic carbocycles. The zero-order valence-corrected chi connectivity index (χ0v) is 14.8. The van der Waals surface area contributed by atoms with Gasteiger partial charge in [0.2, 0.25) is 0 Å². The molecule has 0 bridgehead atoms. The Morgan fingerprint density at radius 3 is 2.33 bits per heavy atom. The molecular formula is C18H26BrFO. The van der Waals surface area contributed by atoms with Gasteiger partial charge in [0.15, 0.2) is 0 Å². The summed E-state index contributed by atoms with van der Waals surface area (Å²) in [7, 11) is 0. The van der Waals surface area contributed by atoms with Gasteiger partial charge in [0.05, 0.1) is 6.10 Å². The van der Waals surface area contributed by atoms with Crippen molar-refractivity contribution in [1.29, 1.82) is 0 Å². The number of aliphatic hydroxyl groups is 1. The van der Waals surface area contributed by atoms with Crippen molar-refractivity contribution >= 4 is 15.9 Å². The van der Waals surface area contributed by atoms with Crippen molar-refractivity contribution in [2.24, 2.45) is 17.3 Å². The van der Waals surface area contributed by atoms with E-state index in [0.717, 1.165) is 28.8 Å². The summed E-state index contributed by atoms with van der Waals surface area (Å²) in [6.07, 6.45) is 4.73. The van der Waals surface area contributed by atoms with Gasteiger partial charge >= 0.3 is 0 Å². The molecule has 1 N–H and O–H groups in total. The molecule has 0 aliphatic heterocycles. The fourth-order valence-electron chi connectivity index (χ4n) is 3.51. The van der Waals surface area contributed by atoms with E-state index in [9.17, 15) is 9.50 Å². The minimum absolute atomic E-state index is 0.247. The minimum Gasteiger partial charge on any atom is -0.392 e. The first kappa shape index (κ1) is 17.0. The van der Waals surface area contributed by atoms with Crippen molar-refractivity contribution in [2.45, 2.75) is 59.0 Å². The van der Waals surface area contributed by atoms with Crippen molar-refractivity contribution in [3.63, 3.8) is 0 Å². The summed E-state index contributed by atoms with van der Waals surface area (Å²) in [4.78, 5) is 0. The zero-order chi connectivity index (χ0) is 15.6. The lowest BCUT2D eigenvalue weighted by molar-refractivity contribution is 0.0536. The molecule has 1 unspecified atom stereocenters. The van der Waals surface area contributed by atoms with Gasteiger partial charge in [0.25, 0.3) is 0 Å². The van der Waals surface area contributed by atoms with Crippen molar-refractivity contribution in [2.75, 3.05) is 0 Å². The summed E-state index contributed by atoms with van der Waals surface area (Å²) < 4.78 is 14.1. The monoisotopic (exact) mass is 356 g/mol. The molecule has 118 valence electrons. The molecule has 0 saturated heterocycles. The Labute approximate surface area is 136 Å². The molecule has 0 amide bonds. The Morgan fingerprint density at radius 1 is 1.19 bits per heavy atom. The highest BCUT2D eigenvalue weighted by molar-refractivity contribution is 9.10. The second-order valence-corrected chi connectivity index (χ2v) is 8.44. The van der Waals surface area contributed by atoms with E-state index in [4.69, 9.17) is 0 Å². The van der Waals surface area contributed by atoms with Crippen LogP contribution < -0.4 is 0 Å². The predicted molar refractivity (Wildman–Crippen MR) is 88.7 cm³/mol. The second kappa shape index (κ2) is 6.78. The Kier molecular flexibility index (Phi) is 5.48. The first-order valence-electron chi connectivity index (χ1n) is 7.89.